The highest BCUT2D eigenvalue weighted by Crippen LogP contribution is 2.37. The molecule has 1 aliphatic carbocycles. The van der Waals surface area contributed by atoms with Gasteiger partial charge in [0.1, 0.15) is 0 Å². The van der Waals surface area contributed by atoms with Crippen molar-refractivity contribution in [1.29, 1.82) is 0 Å². The highest BCUT2D eigenvalue weighted by molar-refractivity contribution is 7.88. The number of hydrogen-bond acceptors (Lipinski definition) is 2. The molecule has 0 saturated heterocycles. The topological polar surface area (TPSA) is 0 Å². The van der Waals surface area contributed by atoms with E-state index >= 15 is 0 Å². The molecule has 13 heavy (non-hydrogen) atoms. The second-order valence-electron chi connectivity index (χ2n) is 3.02. The van der Waals surface area contributed by atoms with Crippen LogP contribution in [0.2, 0.25) is 0 Å². The molecule has 0 aromatic heterocycles. The fraction of sp³-hybridized carbons (Fsp3) is 0.0909. The number of rotatable bonds is 1. The molecule has 0 bridgehead atoms. The Bertz CT molecular complexity index is 363. The standard InChI is InChI=1S/C11H10S2/c12-10-7-6-9(11(10)13)8-4-2-1-3-5-8/h1-7,9,12-13H. The zero-order valence-corrected chi connectivity index (χ0v) is 8.80. The SMILES string of the molecule is SC1=C(S)C(c2ccccc2)C=C1. The Labute approximate surface area is 89.2 Å². The van der Waals surface area contributed by atoms with Gasteiger partial charge in [-0.15, -0.1) is 25.3 Å². The average Bonchev–Trinajstić information content (AvgIpc) is 2.49. The highest BCUT2D eigenvalue weighted by atomic mass is 32.1. The number of benzene rings is 1. The molecule has 0 aliphatic heterocycles. The summed E-state index contributed by atoms with van der Waals surface area (Å²) in [6.45, 7) is 0. The van der Waals surface area contributed by atoms with Gasteiger partial charge in [0.05, 0.1) is 0 Å². The van der Waals surface area contributed by atoms with Crippen molar-refractivity contribution >= 4 is 25.3 Å². The third-order valence-corrected chi connectivity index (χ3v) is 3.25. The maximum Gasteiger partial charge on any atom is 0.0341 e. The van der Waals surface area contributed by atoms with Gasteiger partial charge in [-0.25, -0.2) is 0 Å². The van der Waals surface area contributed by atoms with Crippen molar-refractivity contribution in [3.63, 3.8) is 0 Å². The molecule has 1 atom stereocenters. The number of hydrogen-bond donors (Lipinski definition) is 2. The molecule has 0 N–H and O–H groups in total. The summed E-state index contributed by atoms with van der Waals surface area (Å²) in [5.74, 6) is 0.303. The molecule has 1 aromatic carbocycles. The van der Waals surface area contributed by atoms with Crippen molar-refractivity contribution in [2.75, 3.05) is 0 Å². The van der Waals surface area contributed by atoms with Crippen molar-refractivity contribution in [2.45, 2.75) is 5.92 Å². The summed E-state index contributed by atoms with van der Waals surface area (Å²) in [7, 11) is 0. The molecule has 0 heterocycles. The molecule has 0 fully saturated rings. The first-order chi connectivity index (χ1) is 6.29. The van der Waals surface area contributed by atoms with E-state index in [0.717, 1.165) is 9.81 Å². The monoisotopic (exact) mass is 206 g/mol. The normalized spacial score (nSPS) is 21.2. The lowest BCUT2D eigenvalue weighted by molar-refractivity contribution is 1.09. The first-order valence-corrected chi connectivity index (χ1v) is 5.04. The van der Waals surface area contributed by atoms with Gasteiger partial charge in [0.15, 0.2) is 0 Å². The van der Waals surface area contributed by atoms with Crippen LogP contribution in [0.5, 0.6) is 0 Å². The van der Waals surface area contributed by atoms with Crippen LogP contribution in [0.3, 0.4) is 0 Å². The van der Waals surface area contributed by atoms with Crippen molar-refractivity contribution in [3.05, 3.63) is 57.9 Å². The summed E-state index contributed by atoms with van der Waals surface area (Å²) in [4.78, 5) is 2.01. The second-order valence-corrected chi connectivity index (χ2v) is 3.98. The number of allylic oxidation sites excluding steroid dienone is 3. The second kappa shape index (κ2) is 3.64. The Kier molecular flexibility index (Phi) is 2.51. The first kappa shape index (κ1) is 8.97. The van der Waals surface area contributed by atoms with Crippen LogP contribution in [0.25, 0.3) is 0 Å². The van der Waals surface area contributed by atoms with Crippen LogP contribution in [-0.2, 0) is 0 Å². The van der Waals surface area contributed by atoms with Gasteiger partial charge < -0.3 is 0 Å². The number of thiol groups is 2. The molecule has 2 heteroatoms. The zero-order valence-electron chi connectivity index (χ0n) is 7.01. The molecule has 66 valence electrons. The molecule has 0 nitrogen and oxygen atoms in total. The van der Waals surface area contributed by atoms with E-state index in [1.807, 2.05) is 24.3 Å². The maximum absolute atomic E-state index is 4.43. The minimum atomic E-state index is 0.303. The van der Waals surface area contributed by atoms with Gasteiger partial charge in [-0.05, 0) is 5.56 Å². The average molecular weight is 206 g/mol. The van der Waals surface area contributed by atoms with Crippen molar-refractivity contribution in [3.8, 4) is 0 Å². The summed E-state index contributed by atoms with van der Waals surface area (Å²) in [6, 6.07) is 10.3. The van der Waals surface area contributed by atoms with Gasteiger partial charge in [0, 0.05) is 15.7 Å². The van der Waals surface area contributed by atoms with E-state index in [1.165, 1.54) is 5.56 Å². The quantitative estimate of drug-likeness (QED) is 0.646. The van der Waals surface area contributed by atoms with E-state index in [9.17, 15) is 0 Å². The summed E-state index contributed by atoms with van der Waals surface area (Å²) in [5, 5.41) is 0. The summed E-state index contributed by atoms with van der Waals surface area (Å²) >= 11 is 8.75. The van der Waals surface area contributed by atoms with E-state index in [0.29, 0.717) is 5.92 Å². The van der Waals surface area contributed by atoms with E-state index in [1.54, 1.807) is 0 Å². The van der Waals surface area contributed by atoms with E-state index in [-0.39, 0.29) is 0 Å². The zero-order chi connectivity index (χ0) is 9.26. The molecule has 2 rings (SSSR count). The van der Waals surface area contributed by atoms with Gasteiger partial charge >= 0.3 is 0 Å². The van der Waals surface area contributed by atoms with Crippen molar-refractivity contribution < 1.29 is 0 Å². The van der Waals surface area contributed by atoms with E-state index < -0.39 is 0 Å². The highest BCUT2D eigenvalue weighted by Gasteiger charge is 2.16. The Hall–Kier alpha value is -0.600. The minimum Gasteiger partial charge on any atom is -0.146 e. The fourth-order valence-corrected chi connectivity index (χ4v) is 1.99. The van der Waals surface area contributed by atoms with Crippen LogP contribution in [0.4, 0.5) is 0 Å². The molecular formula is C11H10S2. The molecule has 0 radical (unpaired) electrons. The molecular weight excluding hydrogens is 196 g/mol. The maximum atomic E-state index is 4.43. The van der Waals surface area contributed by atoms with Crippen LogP contribution >= 0.6 is 25.3 Å². The lowest BCUT2D eigenvalue weighted by Gasteiger charge is -2.09. The lowest BCUT2D eigenvalue weighted by atomic mass is 10.0. The van der Waals surface area contributed by atoms with Crippen LogP contribution < -0.4 is 0 Å². The summed E-state index contributed by atoms with van der Waals surface area (Å²) < 4.78 is 0. The van der Waals surface area contributed by atoms with Crippen LogP contribution in [0.15, 0.2) is 52.3 Å². The third kappa shape index (κ3) is 1.69. The fourth-order valence-electron chi connectivity index (χ4n) is 1.45. The molecule has 0 spiro atoms. The van der Waals surface area contributed by atoms with E-state index in [2.05, 4.69) is 43.5 Å². The first-order valence-electron chi connectivity index (χ1n) is 4.14. The minimum absolute atomic E-state index is 0.303. The van der Waals surface area contributed by atoms with Gasteiger partial charge in [-0.3, -0.25) is 0 Å². The van der Waals surface area contributed by atoms with Crippen molar-refractivity contribution in [2.24, 2.45) is 0 Å². The molecule has 1 aliphatic rings. The molecule has 0 saturated carbocycles. The van der Waals surface area contributed by atoms with Gasteiger partial charge in [-0.1, -0.05) is 42.5 Å². The Morgan fingerprint density at radius 2 is 1.69 bits per heavy atom. The van der Waals surface area contributed by atoms with Crippen LogP contribution in [-0.4, -0.2) is 0 Å². The smallest absolute Gasteiger partial charge is 0.0341 e. The van der Waals surface area contributed by atoms with Crippen molar-refractivity contribution in [1.82, 2.24) is 0 Å². The van der Waals surface area contributed by atoms with Gasteiger partial charge in [0.25, 0.3) is 0 Å². The van der Waals surface area contributed by atoms with Crippen LogP contribution in [0.1, 0.15) is 11.5 Å². The Morgan fingerprint density at radius 1 is 1.00 bits per heavy atom. The van der Waals surface area contributed by atoms with E-state index in [4.69, 9.17) is 0 Å². The summed E-state index contributed by atoms with van der Waals surface area (Å²) in [6.07, 6.45) is 4.13. The Balaban J connectivity index is 2.36. The Morgan fingerprint density at radius 3 is 2.23 bits per heavy atom. The van der Waals surface area contributed by atoms with Crippen LogP contribution in [0, 0.1) is 0 Å². The molecule has 1 unspecified atom stereocenters. The predicted octanol–water partition coefficient (Wildman–Crippen LogP) is 3.41. The largest absolute Gasteiger partial charge is 0.146 e. The van der Waals surface area contributed by atoms with Gasteiger partial charge in [0.2, 0.25) is 0 Å². The summed E-state index contributed by atoms with van der Waals surface area (Å²) in [5.41, 5.74) is 1.27. The molecule has 0 amide bonds. The van der Waals surface area contributed by atoms with Gasteiger partial charge in [-0.2, -0.15) is 0 Å². The third-order valence-electron chi connectivity index (χ3n) is 2.16. The lowest BCUT2D eigenvalue weighted by Crippen LogP contribution is -1.91. The predicted molar refractivity (Wildman–Crippen MR) is 63.3 cm³/mol. The molecule has 1 aromatic rings.